The van der Waals surface area contributed by atoms with Crippen molar-refractivity contribution in [2.75, 3.05) is 0 Å². The molecule has 0 saturated carbocycles. The molecule has 0 amide bonds. The second-order valence-electron chi connectivity index (χ2n) is 15.0. The van der Waals surface area contributed by atoms with Gasteiger partial charge in [0, 0.05) is 6.42 Å². The van der Waals surface area contributed by atoms with E-state index in [0.29, 0.717) is 5.92 Å². The van der Waals surface area contributed by atoms with Gasteiger partial charge in [-0.3, -0.25) is 0 Å². The molecule has 2 heteroatoms. The molecule has 1 heterocycles. The van der Waals surface area contributed by atoms with E-state index in [1.807, 2.05) is 0 Å². The molecular formula is C46H75N2+. The molecule has 0 aliphatic heterocycles. The molecule has 3 rings (SSSR count). The third kappa shape index (κ3) is 16.8. The van der Waals surface area contributed by atoms with Gasteiger partial charge in [-0.2, -0.15) is 0 Å². The lowest BCUT2D eigenvalue weighted by molar-refractivity contribution is -0.710. The largest absolute Gasteiger partial charge is 0.261 e. The van der Waals surface area contributed by atoms with Gasteiger partial charge in [-0.1, -0.05) is 203 Å². The lowest BCUT2D eigenvalue weighted by Crippen LogP contribution is -2.41. The zero-order valence-corrected chi connectivity index (χ0v) is 31.9. The molecule has 0 N–H and O–H groups in total. The van der Waals surface area contributed by atoms with Crippen LogP contribution in [-0.4, -0.2) is 4.57 Å². The molecule has 48 heavy (non-hydrogen) atoms. The summed E-state index contributed by atoms with van der Waals surface area (Å²) in [7, 11) is 0. The average Bonchev–Trinajstić information content (AvgIpc) is 3.42. The number of aromatic nitrogens is 2. The van der Waals surface area contributed by atoms with Gasteiger partial charge in [0.1, 0.15) is 11.9 Å². The highest BCUT2D eigenvalue weighted by molar-refractivity contribution is 5.21. The van der Waals surface area contributed by atoms with E-state index in [0.717, 1.165) is 25.9 Å². The second-order valence-corrected chi connectivity index (χ2v) is 15.0. The number of nitrogens with zero attached hydrogens (tertiary/aromatic N) is 2. The van der Waals surface area contributed by atoms with Crippen LogP contribution in [0.25, 0.3) is 0 Å². The molecule has 0 spiro atoms. The normalized spacial score (nSPS) is 12.1. The zero-order chi connectivity index (χ0) is 33.9. The maximum atomic E-state index is 2.75. The number of hydrogen-bond acceptors (Lipinski definition) is 0. The molecule has 0 fully saturated rings. The van der Waals surface area contributed by atoms with Crippen molar-refractivity contribution in [1.82, 2.24) is 4.57 Å². The summed E-state index contributed by atoms with van der Waals surface area (Å²) in [6.07, 6.45) is 36.9. The molecule has 0 saturated heterocycles. The summed E-state index contributed by atoms with van der Waals surface area (Å²) in [5, 5.41) is 0. The third-order valence-electron chi connectivity index (χ3n) is 10.6. The van der Waals surface area contributed by atoms with Gasteiger partial charge in [-0.05, 0) is 42.7 Å². The summed E-state index contributed by atoms with van der Waals surface area (Å²) in [6.45, 7) is 9.34. The van der Waals surface area contributed by atoms with E-state index in [2.05, 4.69) is 96.8 Å². The molecule has 0 aliphatic rings. The molecule has 1 atom stereocenters. The zero-order valence-electron chi connectivity index (χ0n) is 31.9. The van der Waals surface area contributed by atoms with Crippen LogP contribution < -0.4 is 4.57 Å². The average molecular weight is 656 g/mol. The van der Waals surface area contributed by atoms with E-state index in [1.54, 1.807) is 0 Å². The Morgan fingerprint density at radius 3 is 1.46 bits per heavy atom. The summed E-state index contributed by atoms with van der Waals surface area (Å²) in [6, 6.07) is 22.4. The monoisotopic (exact) mass is 656 g/mol. The van der Waals surface area contributed by atoms with Gasteiger partial charge in [-0.25, -0.2) is 9.13 Å². The van der Waals surface area contributed by atoms with Crippen molar-refractivity contribution in [3.8, 4) is 0 Å². The van der Waals surface area contributed by atoms with E-state index in [1.165, 1.54) is 170 Å². The van der Waals surface area contributed by atoms with Gasteiger partial charge in [0.25, 0.3) is 5.82 Å². The fourth-order valence-electron chi connectivity index (χ4n) is 7.52. The number of benzene rings is 2. The highest BCUT2D eigenvalue weighted by Crippen LogP contribution is 2.22. The van der Waals surface area contributed by atoms with Crippen LogP contribution in [0.2, 0.25) is 0 Å². The molecule has 2 nitrogen and oxygen atoms in total. The standard InChI is InChI=1S/C46H75N2/c1-4-6-8-10-12-14-16-18-20-22-24-32-38-48-45(39-42(3)44-35-29-26-30-36-44)41-47(46(48)40-43-33-27-25-28-34-43)37-31-23-21-19-17-15-13-11-9-7-5-2/h25-30,33-36,41-42H,4-24,31-32,37-40H2,1-3H3/q+1. The molecule has 268 valence electrons. The maximum absolute atomic E-state index is 2.75. The fraction of sp³-hybridized carbons (Fsp3) is 0.674. The Bertz CT molecular complexity index is 1150. The highest BCUT2D eigenvalue weighted by atomic mass is 15.2. The van der Waals surface area contributed by atoms with Gasteiger partial charge in [0.05, 0.1) is 19.5 Å². The maximum Gasteiger partial charge on any atom is 0.261 e. The summed E-state index contributed by atoms with van der Waals surface area (Å²) >= 11 is 0. The summed E-state index contributed by atoms with van der Waals surface area (Å²) in [5.41, 5.74) is 4.42. The van der Waals surface area contributed by atoms with Crippen LogP contribution in [0.15, 0.2) is 66.9 Å². The number of hydrogen-bond donors (Lipinski definition) is 0. The molecule has 0 aliphatic carbocycles. The van der Waals surface area contributed by atoms with Gasteiger partial charge in [0.15, 0.2) is 0 Å². The number of imidazole rings is 1. The fourth-order valence-corrected chi connectivity index (χ4v) is 7.52. The molecular weight excluding hydrogens is 581 g/mol. The molecule has 2 aromatic carbocycles. The second kappa shape index (κ2) is 26.5. The Morgan fingerprint density at radius 2 is 0.958 bits per heavy atom. The van der Waals surface area contributed by atoms with Crippen molar-refractivity contribution in [3.05, 3.63) is 89.5 Å². The smallest absolute Gasteiger partial charge is 0.234 e. The lowest BCUT2D eigenvalue weighted by atomic mass is 9.96. The minimum absolute atomic E-state index is 0.516. The first kappa shape index (κ1) is 40.1. The lowest BCUT2D eigenvalue weighted by Gasteiger charge is -2.12. The van der Waals surface area contributed by atoms with Gasteiger partial charge in [-0.15, -0.1) is 0 Å². The Hall–Kier alpha value is -2.35. The molecule has 3 aromatic rings. The van der Waals surface area contributed by atoms with Crippen molar-refractivity contribution in [1.29, 1.82) is 0 Å². The molecule has 0 bridgehead atoms. The van der Waals surface area contributed by atoms with Gasteiger partial charge >= 0.3 is 0 Å². The summed E-state index contributed by atoms with van der Waals surface area (Å²) in [4.78, 5) is 0. The van der Waals surface area contributed by atoms with E-state index in [-0.39, 0.29) is 0 Å². The predicted molar refractivity (Wildman–Crippen MR) is 210 cm³/mol. The third-order valence-corrected chi connectivity index (χ3v) is 10.6. The van der Waals surface area contributed by atoms with Crippen LogP contribution in [0.4, 0.5) is 0 Å². The summed E-state index contributed by atoms with van der Waals surface area (Å²) < 4.78 is 5.41. The minimum atomic E-state index is 0.516. The van der Waals surface area contributed by atoms with Crippen LogP contribution in [0, 0.1) is 0 Å². The van der Waals surface area contributed by atoms with Crippen molar-refractivity contribution in [2.24, 2.45) is 0 Å². The van der Waals surface area contributed by atoms with Crippen LogP contribution in [0.5, 0.6) is 0 Å². The van der Waals surface area contributed by atoms with Crippen LogP contribution in [-0.2, 0) is 25.9 Å². The summed E-state index contributed by atoms with van der Waals surface area (Å²) in [5.74, 6) is 2.04. The van der Waals surface area contributed by atoms with Crippen LogP contribution in [0.3, 0.4) is 0 Å². The Morgan fingerprint density at radius 1 is 0.521 bits per heavy atom. The number of aryl methyl sites for hydroxylation is 1. The van der Waals surface area contributed by atoms with E-state index in [4.69, 9.17) is 0 Å². The quantitative estimate of drug-likeness (QED) is 0.0499. The highest BCUT2D eigenvalue weighted by Gasteiger charge is 2.25. The van der Waals surface area contributed by atoms with Crippen molar-refractivity contribution < 1.29 is 4.57 Å². The van der Waals surface area contributed by atoms with Gasteiger partial charge < -0.3 is 0 Å². The van der Waals surface area contributed by atoms with Crippen LogP contribution >= 0.6 is 0 Å². The topological polar surface area (TPSA) is 8.81 Å². The molecule has 0 radical (unpaired) electrons. The van der Waals surface area contributed by atoms with Crippen molar-refractivity contribution >= 4 is 0 Å². The minimum Gasteiger partial charge on any atom is -0.234 e. The number of rotatable bonds is 30. The van der Waals surface area contributed by atoms with Gasteiger partial charge in [0.2, 0.25) is 0 Å². The first-order valence-corrected chi connectivity index (χ1v) is 20.9. The SMILES string of the molecule is CCCCCCCCCCCCCC[n+]1c(CC(C)c2ccccc2)cn(CCCCCCCCCCCCC)c1Cc1ccccc1. The Kier molecular flexibility index (Phi) is 22.1. The molecule has 1 aromatic heterocycles. The first-order valence-electron chi connectivity index (χ1n) is 20.9. The first-order chi connectivity index (χ1) is 23.7. The van der Waals surface area contributed by atoms with E-state index in [9.17, 15) is 0 Å². The van der Waals surface area contributed by atoms with Crippen molar-refractivity contribution in [3.63, 3.8) is 0 Å². The van der Waals surface area contributed by atoms with E-state index >= 15 is 0 Å². The Labute approximate surface area is 298 Å². The predicted octanol–water partition coefficient (Wildman–Crippen LogP) is 13.7. The van der Waals surface area contributed by atoms with Crippen LogP contribution in [0.1, 0.15) is 197 Å². The van der Waals surface area contributed by atoms with Crippen molar-refractivity contribution in [2.45, 2.75) is 200 Å². The van der Waals surface area contributed by atoms with E-state index < -0.39 is 0 Å². The number of unbranched alkanes of at least 4 members (excludes halogenated alkanes) is 21. The molecule has 1 unspecified atom stereocenters. The Balaban J connectivity index is 1.58.